The number of anilines is 2. The van der Waals surface area contributed by atoms with Crippen LogP contribution in [0.3, 0.4) is 0 Å². The molecule has 0 amide bonds. The second kappa shape index (κ2) is 7.68. The van der Waals surface area contributed by atoms with Gasteiger partial charge in [-0.2, -0.15) is 5.26 Å². The van der Waals surface area contributed by atoms with E-state index in [1.807, 2.05) is 68.4 Å². The summed E-state index contributed by atoms with van der Waals surface area (Å²) in [6.45, 7) is 3.86. The summed E-state index contributed by atoms with van der Waals surface area (Å²) in [5.74, 6) is 0.425. The van der Waals surface area contributed by atoms with Crippen molar-refractivity contribution in [1.29, 1.82) is 5.26 Å². The van der Waals surface area contributed by atoms with Crippen LogP contribution in [0.5, 0.6) is 0 Å². The Balaban J connectivity index is 1.92. The molecule has 7 heteroatoms. The van der Waals surface area contributed by atoms with Crippen LogP contribution in [0.25, 0.3) is 22.0 Å². The Morgan fingerprint density at radius 3 is 2.67 bits per heavy atom. The topological polar surface area (TPSA) is 120 Å². The molecular weight excluding hydrogens is 376 g/mol. The number of aromatic nitrogens is 3. The molecule has 1 unspecified atom stereocenters. The molecule has 7 nitrogen and oxygen atoms in total. The van der Waals surface area contributed by atoms with Gasteiger partial charge >= 0.3 is 0 Å². The molecule has 0 saturated carbocycles. The number of nitriles is 1. The molecule has 1 atom stereocenters. The standard InChI is InChI=1S/C23H20N6O/c1-13-8-9-18-16(10-13)21(30)19(15-6-4-3-5-7-15)20(29-18)14(2)28-23-17(11-24)22(25)26-12-27-23/h3-10,12,14H,1-2H3,(H,29,30)(H3,25,26,27,28). The van der Waals surface area contributed by atoms with Crippen molar-refractivity contribution in [3.63, 3.8) is 0 Å². The highest BCUT2D eigenvalue weighted by atomic mass is 16.1. The van der Waals surface area contributed by atoms with Crippen molar-refractivity contribution in [1.82, 2.24) is 15.0 Å². The predicted octanol–water partition coefficient (Wildman–Crippen LogP) is 3.92. The number of fused-ring (bicyclic) bond motifs is 1. The van der Waals surface area contributed by atoms with Crippen LogP contribution in [-0.4, -0.2) is 15.0 Å². The third-order valence-electron chi connectivity index (χ3n) is 5.02. The fourth-order valence-corrected chi connectivity index (χ4v) is 3.53. The van der Waals surface area contributed by atoms with Gasteiger partial charge in [-0.3, -0.25) is 4.79 Å². The fraction of sp³-hybridized carbons (Fsp3) is 0.130. The smallest absolute Gasteiger partial charge is 0.197 e. The highest BCUT2D eigenvalue weighted by molar-refractivity contribution is 5.85. The Kier molecular flexibility index (Phi) is 4.90. The van der Waals surface area contributed by atoms with Gasteiger partial charge in [0.05, 0.1) is 11.6 Å². The maximum absolute atomic E-state index is 13.5. The van der Waals surface area contributed by atoms with Crippen molar-refractivity contribution in [2.75, 3.05) is 11.1 Å². The fourth-order valence-electron chi connectivity index (χ4n) is 3.53. The van der Waals surface area contributed by atoms with Crippen molar-refractivity contribution in [3.8, 4) is 17.2 Å². The SMILES string of the molecule is Cc1ccc2[nH]c(C(C)Nc3ncnc(N)c3C#N)c(-c3ccccc3)c(=O)c2c1. The van der Waals surface area contributed by atoms with Gasteiger partial charge in [0.2, 0.25) is 0 Å². The van der Waals surface area contributed by atoms with Crippen molar-refractivity contribution in [2.45, 2.75) is 19.9 Å². The summed E-state index contributed by atoms with van der Waals surface area (Å²) >= 11 is 0. The van der Waals surface area contributed by atoms with Crippen LogP contribution in [0.1, 0.15) is 29.8 Å². The first-order valence-corrected chi connectivity index (χ1v) is 9.48. The first-order valence-electron chi connectivity index (χ1n) is 9.48. The highest BCUT2D eigenvalue weighted by Crippen LogP contribution is 2.29. The summed E-state index contributed by atoms with van der Waals surface area (Å²) in [6.07, 6.45) is 1.30. The quantitative estimate of drug-likeness (QED) is 0.481. The predicted molar refractivity (Wildman–Crippen MR) is 118 cm³/mol. The number of hydrogen-bond donors (Lipinski definition) is 3. The number of nitrogens with zero attached hydrogens (tertiary/aromatic N) is 3. The van der Waals surface area contributed by atoms with Crippen LogP contribution in [0, 0.1) is 18.3 Å². The highest BCUT2D eigenvalue weighted by Gasteiger charge is 2.20. The van der Waals surface area contributed by atoms with Gasteiger partial charge in [0, 0.05) is 16.6 Å². The van der Waals surface area contributed by atoms with Gasteiger partial charge in [-0.05, 0) is 31.5 Å². The molecule has 148 valence electrons. The van der Waals surface area contributed by atoms with Gasteiger partial charge in [-0.25, -0.2) is 9.97 Å². The number of benzene rings is 2. The number of aryl methyl sites for hydroxylation is 1. The summed E-state index contributed by atoms with van der Waals surface area (Å²) in [5.41, 5.74) is 9.78. The van der Waals surface area contributed by atoms with E-state index in [1.54, 1.807) is 0 Å². The Morgan fingerprint density at radius 1 is 1.17 bits per heavy atom. The summed E-state index contributed by atoms with van der Waals surface area (Å²) < 4.78 is 0. The molecule has 4 rings (SSSR count). The zero-order valence-corrected chi connectivity index (χ0v) is 16.6. The maximum atomic E-state index is 13.5. The first kappa shape index (κ1) is 19.2. The number of nitrogen functional groups attached to an aromatic ring is 1. The Labute approximate surface area is 173 Å². The first-order chi connectivity index (χ1) is 14.5. The lowest BCUT2D eigenvalue weighted by Gasteiger charge is -2.20. The summed E-state index contributed by atoms with van der Waals surface area (Å²) in [7, 11) is 0. The van der Waals surface area contributed by atoms with E-state index in [-0.39, 0.29) is 22.9 Å². The molecule has 4 aromatic rings. The van der Waals surface area contributed by atoms with Crippen LogP contribution >= 0.6 is 0 Å². The third-order valence-corrected chi connectivity index (χ3v) is 5.02. The molecule has 0 aliphatic heterocycles. The van der Waals surface area contributed by atoms with Crippen molar-refractivity contribution in [3.05, 3.63) is 81.9 Å². The van der Waals surface area contributed by atoms with Gasteiger partial charge in [0.15, 0.2) is 5.43 Å². The molecule has 0 aliphatic carbocycles. The summed E-state index contributed by atoms with van der Waals surface area (Å²) in [5, 5.41) is 13.3. The lowest BCUT2D eigenvalue weighted by molar-refractivity contribution is 0.837. The Morgan fingerprint density at radius 2 is 1.93 bits per heavy atom. The molecule has 4 N–H and O–H groups in total. The Hall–Kier alpha value is -4.18. The summed E-state index contributed by atoms with van der Waals surface area (Å²) in [4.78, 5) is 24.9. The van der Waals surface area contributed by atoms with Crippen LogP contribution in [0.4, 0.5) is 11.6 Å². The van der Waals surface area contributed by atoms with Gasteiger partial charge in [-0.1, -0.05) is 42.0 Å². The van der Waals surface area contributed by atoms with Crippen molar-refractivity contribution < 1.29 is 0 Å². The van der Waals surface area contributed by atoms with E-state index in [0.717, 1.165) is 16.6 Å². The third kappa shape index (κ3) is 3.35. The van der Waals surface area contributed by atoms with E-state index in [4.69, 9.17) is 5.73 Å². The number of H-pyrrole nitrogens is 1. The number of rotatable bonds is 4. The van der Waals surface area contributed by atoms with E-state index >= 15 is 0 Å². The largest absolute Gasteiger partial charge is 0.382 e. The van der Waals surface area contributed by atoms with E-state index in [0.29, 0.717) is 22.5 Å². The molecule has 30 heavy (non-hydrogen) atoms. The van der Waals surface area contributed by atoms with Crippen molar-refractivity contribution in [2.24, 2.45) is 0 Å². The Bertz CT molecular complexity index is 1340. The number of pyridine rings is 1. The van der Waals surface area contributed by atoms with E-state index < -0.39 is 0 Å². The summed E-state index contributed by atoms with van der Waals surface area (Å²) in [6, 6.07) is 16.9. The lowest BCUT2D eigenvalue weighted by Crippen LogP contribution is -2.18. The van der Waals surface area contributed by atoms with Crippen LogP contribution in [0.2, 0.25) is 0 Å². The average Bonchev–Trinajstić information content (AvgIpc) is 2.75. The second-order valence-corrected chi connectivity index (χ2v) is 7.12. The molecule has 0 bridgehead atoms. The van der Waals surface area contributed by atoms with E-state index in [9.17, 15) is 10.1 Å². The van der Waals surface area contributed by atoms with Gasteiger partial charge in [0.25, 0.3) is 0 Å². The van der Waals surface area contributed by atoms with Crippen LogP contribution < -0.4 is 16.5 Å². The monoisotopic (exact) mass is 396 g/mol. The minimum atomic E-state index is -0.361. The zero-order valence-electron chi connectivity index (χ0n) is 16.6. The average molecular weight is 396 g/mol. The van der Waals surface area contributed by atoms with Crippen molar-refractivity contribution >= 4 is 22.5 Å². The molecule has 2 heterocycles. The molecule has 0 saturated heterocycles. The number of nitrogens with one attached hydrogen (secondary N) is 2. The molecular formula is C23H20N6O. The van der Waals surface area contributed by atoms with E-state index in [2.05, 4.69) is 20.3 Å². The molecule has 2 aromatic carbocycles. The zero-order chi connectivity index (χ0) is 21.3. The minimum Gasteiger partial charge on any atom is -0.382 e. The number of nitrogens with two attached hydrogens (primary N) is 1. The maximum Gasteiger partial charge on any atom is 0.197 e. The normalized spacial score (nSPS) is 11.8. The van der Waals surface area contributed by atoms with Gasteiger partial charge in [0.1, 0.15) is 29.6 Å². The van der Waals surface area contributed by atoms with Crippen LogP contribution in [0.15, 0.2) is 59.7 Å². The van der Waals surface area contributed by atoms with E-state index in [1.165, 1.54) is 6.33 Å². The molecule has 2 aromatic heterocycles. The number of aromatic amines is 1. The molecule has 0 radical (unpaired) electrons. The number of hydrogen-bond acceptors (Lipinski definition) is 6. The lowest BCUT2D eigenvalue weighted by atomic mass is 9.97. The molecule has 0 aliphatic rings. The van der Waals surface area contributed by atoms with Gasteiger partial charge < -0.3 is 16.0 Å². The van der Waals surface area contributed by atoms with Gasteiger partial charge in [-0.15, -0.1) is 0 Å². The molecule has 0 fully saturated rings. The second-order valence-electron chi connectivity index (χ2n) is 7.12. The molecule has 0 spiro atoms. The minimum absolute atomic E-state index is 0.0509. The van der Waals surface area contributed by atoms with Crippen LogP contribution in [-0.2, 0) is 0 Å².